The van der Waals surface area contributed by atoms with Crippen LogP contribution in [0, 0.1) is 0 Å². The molecule has 2 aromatic heterocycles. The smallest absolute Gasteiger partial charge is 0.262 e. The van der Waals surface area contributed by atoms with Crippen LogP contribution in [0.4, 0.5) is 0 Å². The summed E-state index contributed by atoms with van der Waals surface area (Å²) in [6.07, 6.45) is 1.58. The van der Waals surface area contributed by atoms with Gasteiger partial charge in [0.2, 0.25) is 5.91 Å². The van der Waals surface area contributed by atoms with Gasteiger partial charge in [-0.2, -0.15) is 0 Å². The minimum Gasteiger partial charge on any atom is -0.370 e. The molecule has 3 rings (SSSR count). The van der Waals surface area contributed by atoms with Gasteiger partial charge in [0.05, 0.1) is 11.7 Å². The third-order valence-corrected chi connectivity index (χ3v) is 4.73. The fourth-order valence-corrected chi connectivity index (χ4v) is 3.37. The van der Waals surface area contributed by atoms with Gasteiger partial charge in [-0.15, -0.1) is 11.3 Å². The third kappa shape index (κ3) is 2.82. The lowest BCUT2D eigenvalue weighted by Gasteiger charge is -2.05. The van der Waals surface area contributed by atoms with E-state index in [-0.39, 0.29) is 18.5 Å². The first kappa shape index (κ1) is 14.9. The maximum Gasteiger partial charge on any atom is 0.262 e. The molecule has 2 heterocycles. The van der Waals surface area contributed by atoms with Gasteiger partial charge in [-0.25, -0.2) is 4.98 Å². The Morgan fingerprint density at radius 3 is 2.73 bits per heavy atom. The molecule has 2 N–H and O–H groups in total. The second-order valence-electron chi connectivity index (χ2n) is 4.80. The standard InChI is InChI=1S/C15H12BrN3O2S/c16-10-3-1-9(2-4-10)11-7-22-14-13(11)15(21)19(8-18-14)6-5-12(17)20/h1-4,7-8H,5-6H2,(H2,17,20). The van der Waals surface area contributed by atoms with Crippen molar-refractivity contribution in [1.29, 1.82) is 0 Å². The summed E-state index contributed by atoms with van der Waals surface area (Å²) < 4.78 is 2.41. The molecule has 0 saturated heterocycles. The second kappa shape index (κ2) is 6.02. The normalized spacial score (nSPS) is 11.0. The number of hydrogen-bond donors (Lipinski definition) is 1. The molecule has 0 aliphatic heterocycles. The number of hydrogen-bond acceptors (Lipinski definition) is 4. The van der Waals surface area contributed by atoms with Crippen LogP contribution < -0.4 is 11.3 Å². The SMILES string of the molecule is NC(=O)CCn1cnc2scc(-c3ccc(Br)cc3)c2c1=O. The average molecular weight is 378 g/mol. The molecule has 0 bridgehead atoms. The number of amides is 1. The number of rotatable bonds is 4. The molecule has 1 amide bonds. The molecule has 0 unspecified atom stereocenters. The summed E-state index contributed by atoms with van der Waals surface area (Å²) in [5.41, 5.74) is 6.81. The van der Waals surface area contributed by atoms with Gasteiger partial charge >= 0.3 is 0 Å². The van der Waals surface area contributed by atoms with Crippen molar-refractivity contribution in [1.82, 2.24) is 9.55 Å². The molecule has 22 heavy (non-hydrogen) atoms. The molecule has 112 valence electrons. The molecular formula is C15H12BrN3O2S. The van der Waals surface area contributed by atoms with E-state index in [0.717, 1.165) is 15.6 Å². The number of benzene rings is 1. The predicted octanol–water partition coefficient (Wildman–Crippen LogP) is 2.76. The van der Waals surface area contributed by atoms with E-state index >= 15 is 0 Å². The number of carbonyl (C=O) groups excluding carboxylic acids is 1. The monoisotopic (exact) mass is 377 g/mol. The number of primary amides is 1. The Kier molecular flexibility index (Phi) is 4.08. The van der Waals surface area contributed by atoms with Gasteiger partial charge in [0, 0.05) is 28.4 Å². The van der Waals surface area contributed by atoms with E-state index in [4.69, 9.17) is 5.73 Å². The van der Waals surface area contributed by atoms with Crippen LogP contribution in [0.5, 0.6) is 0 Å². The minimum absolute atomic E-state index is 0.116. The van der Waals surface area contributed by atoms with E-state index in [9.17, 15) is 9.59 Å². The number of halogens is 1. The van der Waals surface area contributed by atoms with Crippen LogP contribution in [0.1, 0.15) is 6.42 Å². The van der Waals surface area contributed by atoms with Gasteiger partial charge in [0.25, 0.3) is 5.56 Å². The molecule has 0 atom stereocenters. The number of aryl methyl sites for hydroxylation is 1. The summed E-state index contributed by atoms with van der Waals surface area (Å²) in [5, 5.41) is 2.51. The largest absolute Gasteiger partial charge is 0.370 e. The molecule has 1 aromatic carbocycles. The summed E-state index contributed by atoms with van der Waals surface area (Å²) in [4.78, 5) is 28.5. The van der Waals surface area contributed by atoms with Crippen LogP contribution in [-0.2, 0) is 11.3 Å². The summed E-state index contributed by atoms with van der Waals surface area (Å²) in [7, 11) is 0. The molecule has 0 fully saturated rings. The van der Waals surface area contributed by atoms with Crippen LogP contribution in [0.2, 0.25) is 0 Å². The highest BCUT2D eigenvalue weighted by Gasteiger charge is 2.13. The lowest BCUT2D eigenvalue weighted by molar-refractivity contribution is -0.118. The molecule has 3 aromatic rings. The first-order chi connectivity index (χ1) is 10.6. The molecule has 0 spiro atoms. The van der Waals surface area contributed by atoms with Gasteiger partial charge in [-0.3, -0.25) is 14.2 Å². The second-order valence-corrected chi connectivity index (χ2v) is 6.57. The van der Waals surface area contributed by atoms with Crippen molar-refractivity contribution in [3.63, 3.8) is 0 Å². The molecule has 0 aliphatic carbocycles. The van der Waals surface area contributed by atoms with Crippen molar-refractivity contribution in [3.05, 3.63) is 50.8 Å². The Morgan fingerprint density at radius 1 is 1.32 bits per heavy atom. The summed E-state index contributed by atoms with van der Waals surface area (Å²) >= 11 is 4.83. The van der Waals surface area contributed by atoms with Crippen molar-refractivity contribution in [2.75, 3.05) is 0 Å². The molecule has 0 radical (unpaired) electrons. The van der Waals surface area contributed by atoms with Gasteiger partial charge < -0.3 is 5.73 Å². The van der Waals surface area contributed by atoms with Crippen molar-refractivity contribution < 1.29 is 4.79 Å². The zero-order valence-electron chi connectivity index (χ0n) is 11.5. The Morgan fingerprint density at radius 2 is 2.05 bits per heavy atom. The first-order valence-electron chi connectivity index (χ1n) is 6.57. The number of fused-ring (bicyclic) bond motifs is 1. The van der Waals surface area contributed by atoms with E-state index in [0.29, 0.717) is 10.2 Å². The lowest BCUT2D eigenvalue weighted by atomic mass is 10.1. The van der Waals surface area contributed by atoms with Crippen LogP contribution in [-0.4, -0.2) is 15.5 Å². The Labute approximate surface area is 138 Å². The molecule has 5 nitrogen and oxygen atoms in total. The molecular weight excluding hydrogens is 366 g/mol. The number of aromatic nitrogens is 2. The molecule has 0 saturated carbocycles. The highest BCUT2D eigenvalue weighted by Crippen LogP contribution is 2.31. The van der Waals surface area contributed by atoms with E-state index in [2.05, 4.69) is 20.9 Å². The number of thiophene rings is 1. The fourth-order valence-electron chi connectivity index (χ4n) is 2.20. The van der Waals surface area contributed by atoms with Crippen LogP contribution in [0.15, 0.2) is 45.2 Å². The van der Waals surface area contributed by atoms with E-state index in [1.54, 1.807) is 0 Å². The Balaban J connectivity index is 2.12. The first-order valence-corrected chi connectivity index (χ1v) is 8.24. The zero-order valence-corrected chi connectivity index (χ0v) is 13.9. The van der Waals surface area contributed by atoms with Crippen molar-refractivity contribution in [2.24, 2.45) is 5.73 Å². The minimum atomic E-state index is -0.439. The summed E-state index contributed by atoms with van der Waals surface area (Å²) in [6, 6.07) is 7.76. The van der Waals surface area contributed by atoms with Gasteiger partial charge in [-0.1, -0.05) is 28.1 Å². The van der Waals surface area contributed by atoms with Crippen LogP contribution in [0.25, 0.3) is 21.3 Å². The highest BCUT2D eigenvalue weighted by molar-refractivity contribution is 9.10. The number of nitrogens with two attached hydrogens (primary N) is 1. The Hall–Kier alpha value is -1.99. The highest BCUT2D eigenvalue weighted by atomic mass is 79.9. The maximum absolute atomic E-state index is 12.6. The van der Waals surface area contributed by atoms with E-state index in [1.807, 2.05) is 29.6 Å². The van der Waals surface area contributed by atoms with E-state index in [1.165, 1.54) is 22.2 Å². The topological polar surface area (TPSA) is 78.0 Å². The van der Waals surface area contributed by atoms with Gasteiger partial charge in [0.1, 0.15) is 4.83 Å². The number of nitrogens with zero attached hydrogens (tertiary/aromatic N) is 2. The molecule has 7 heteroatoms. The zero-order chi connectivity index (χ0) is 15.7. The van der Waals surface area contributed by atoms with Gasteiger partial charge in [-0.05, 0) is 17.7 Å². The molecule has 0 aliphatic rings. The Bertz CT molecular complexity index is 899. The number of carbonyl (C=O) groups is 1. The fraction of sp³-hybridized carbons (Fsp3) is 0.133. The van der Waals surface area contributed by atoms with Crippen LogP contribution >= 0.6 is 27.3 Å². The van der Waals surface area contributed by atoms with Crippen molar-refractivity contribution in [3.8, 4) is 11.1 Å². The average Bonchev–Trinajstić information content (AvgIpc) is 2.92. The predicted molar refractivity (Wildman–Crippen MR) is 90.8 cm³/mol. The third-order valence-electron chi connectivity index (χ3n) is 3.32. The maximum atomic E-state index is 12.6. The van der Waals surface area contributed by atoms with Crippen LogP contribution in [0.3, 0.4) is 0 Å². The summed E-state index contributed by atoms with van der Waals surface area (Å²) in [5.74, 6) is -0.439. The van der Waals surface area contributed by atoms with E-state index < -0.39 is 5.91 Å². The lowest BCUT2D eigenvalue weighted by Crippen LogP contribution is -2.23. The van der Waals surface area contributed by atoms with Gasteiger partial charge in [0.15, 0.2) is 0 Å². The summed E-state index contributed by atoms with van der Waals surface area (Å²) in [6.45, 7) is 0.243. The van der Waals surface area contributed by atoms with Crippen molar-refractivity contribution in [2.45, 2.75) is 13.0 Å². The quantitative estimate of drug-likeness (QED) is 0.758. The van der Waals surface area contributed by atoms with Crippen molar-refractivity contribution >= 4 is 43.4 Å².